The molecular weight excluding hydrogens is 278 g/mol. The fourth-order valence-corrected chi connectivity index (χ4v) is 2.75. The zero-order valence-corrected chi connectivity index (χ0v) is 12.1. The maximum absolute atomic E-state index is 12.1. The summed E-state index contributed by atoms with van der Waals surface area (Å²) in [7, 11) is 0. The van der Waals surface area contributed by atoms with Crippen molar-refractivity contribution in [3.05, 3.63) is 52.6 Å². The van der Waals surface area contributed by atoms with E-state index in [1.54, 1.807) is 18.5 Å². The van der Waals surface area contributed by atoms with Gasteiger partial charge in [-0.1, -0.05) is 0 Å². The van der Waals surface area contributed by atoms with Crippen molar-refractivity contribution in [1.82, 2.24) is 9.55 Å². The number of nitrogens with zero attached hydrogens (tertiary/aromatic N) is 3. The van der Waals surface area contributed by atoms with E-state index in [4.69, 9.17) is 11.0 Å². The summed E-state index contributed by atoms with van der Waals surface area (Å²) in [6, 6.07) is 9.35. The quantitative estimate of drug-likeness (QED) is 0.892. The Bertz CT molecular complexity index is 759. The fraction of sp³-hybridized carbons (Fsp3) is 0.312. The summed E-state index contributed by atoms with van der Waals surface area (Å²) in [5.74, 6) is 0.771. The van der Waals surface area contributed by atoms with Gasteiger partial charge in [0.1, 0.15) is 17.5 Å². The summed E-state index contributed by atoms with van der Waals surface area (Å²) in [5.41, 5.74) is 6.31. The van der Waals surface area contributed by atoms with Crippen LogP contribution in [0.2, 0.25) is 0 Å². The maximum Gasteiger partial charge on any atom is 0.273 e. The molecule has 1 saturated carbocycles. The molecule has 2 aromatic rings. The molecule has 3 rings (SSSR count). The Labute approximate surface area is 128 Å². The molecule has 0 unspecified atom stereocenters. The molecule has 0 aliphatic heterocycles. The van der Waals surface area contributed by atoms with Crippen LogP contribution in [0.3, 0.4) is 0 Å². The van der Waals surface area contributed by atoms with Gasteiger partial charge in [0.05, 0.1) is 11.9 Å². The van der Waals surface area contributed by atoms with Crippen molar-refractivity contribution in [3.63, 3.8) is 0 Å². The van der Waals surface area contributed by atoms with Crippen molar-refractivity contribution >= 4 is 5.82 Å². The van der Waals surface area contributed by atoms with Gasteiger partial charge in [0.25, 0.3) is 5.56 Å². The Kier molecular flexibility index (Phi) is 3.90. The number of nitrogens with two attached hydrogens (primary N) is 1. The molecule has 3 N–H and O–H groups in total. The summed E-state index contributed by atoms with van der Waals surface area (Å²) in [6.07, 6.45) is 6.29. The lowest BCUT2D eigenvalue weighted by Crippen LogP contribution is -2.22. The second-order valence-corrected chi connectivity index (χ2v) is 5.52. The van der Waals surface area contributed by atoms with Gasteiger partial charge < -0.3 is 11.1 Å². The van der Waals surface area contributed by atoms with E-state index in [0.717, 1.165) is 25.1 Å². The Hall–Kier alpha value is -2.65. The second kappa shape index (κ2) is 6.00. The number of anilines is 1. The van der Waals surface area contributed by atoms with Crippen LogP contribution in [0, 0.1) is 11.3 Å². The van der Waals surface area contributed by atoms with Crippen LogP contribution in [-0.4, -0.2) is 21.6 Å². The molecule has 112 valence electrons. The molecule has 1 fully saturated rings. The number of rotatable bonds is 3. The van der Waals surface area contributed by atoms with Gasteiger partial charge >= 0.3 is 0 Å². The predicted octanol–water partition coefficient (Wildman–Crippen LogP) is 1.40. The highest BCUT2D eigenvalue weighted by atomic mass is 16.1. The first-order valence-corrected chi connectivity index (χ1v) is 7.27. The minimum atomic E-state index is -0.339. The van der Waals surface area contributed by atoms with Crippen LogP contribution in [0.5, 0.6) is 0 Å². The molecule has 0 spiro atoms. The van der Waals surface area contributed by atoms with Crippen LogP contribution >= 0.6 is 0 Å². The average molecular weight is 295 g/mol. The van der Waals surface area contributed by atoms with Gasteiger partial charge in [-0.05, 0) is 43.5 Å². The van der Waals surface area contributed by atoms with Crippen molar-refractivity contribution < 1.29 is 0 Å². The van der Waals surface area contributed by atoms with Gasteiger partial charge in [0.2, 0.25) is 0 Å². The number of nitrogens with one attached hydrogen (secondary N) is 1. The molecule has 2 atom stereocenters. The summed E-state index contributed by atoms with van der Waals surface area (Å²) >= 11 is 0. The topological polar surface area (TPSA) is 96.7 Å². The third-order valence-electron chi connectivity index (χ3n) is 3.92. The lowest BCUT2D eigenvalue weighted by atomic mass is 10.2. The number of aromatic nitrogens is 2. The van der Waals surface area contributed by atoms with Gasteiger partial charge in [0, 0.05) is 18.3 Å². The summed E-state index contributed by atoms with van der Waals surface area (Å²) in [5, 5.41) is 12.3. The predicted molar refractivity (Wildman–Crippen MR) is 83.8 cm³/mol. The van der Waals surface area contributed by atoms with Crippen molar-refractivity contribution in [2.45, 2.75) is 31.3 Å². The van der Waals surface area contributed by atoms with Crippen LogP contribution in [0.4, 0.5) is 5.82 Å². The first-order valence-electron chi connectivity index (χ1n) is 7.27. The third-order valence-corrected chi connectivity index (χ3v) is 3.92. The van der Waals surface area contributed by atoms with Gasteiger partial charge in [-0.3, -0.25) is 9.36 Å². The van der Waals surface area contributed by atoms with Crippen LogP contribution in [0.15, 0.2) is 41.5 Å². The van der Waals surface area contributed by atoms with Crippen molar-refractivity contribution in [2.75, 3.05) is 5.32 Å². The molecule has 2 aromatic heterocycles. The van der Waals surface area contributed by atoms with Gasteiger partial charge in [-0.15, -0.1) is 0 Å². The van der Waals surface area contributed by atoms with Gasteiger partial charge in [-0.2, -0.15) is 5.26 Å². The zero-order chi connectivity index (χ0) is 15.5. The molecule has 1 aliphatic carbocycles. The molecule has 0 bridgehead atoms. The van der Waals surface area contributed by atoms with E-state index in [1.807, 2.05) is 18.2 Å². The van der Waals surface area contributed by atoms with Crippen LogP contribution in [0.25, 0.3) is 5.69 Å². The molecule has 0 amide bonds. The lowest BCUT2D eigenvalue weighted by molar-refractivity contribution is 0.686. The summed E-state index contributed by atoms with van der Waals surface area (Å²) in [6.45, 7) is 0. The number of nitriles is 1. The molecule has 0 aromatic carbocycles. The molecule has 0 radical (unpaired) electrons. The van der Waals surface area contributed by atoms with E-state index in [-0.39, 0.29) is 17.2 Å². The monoisotopic (exact) mass is 295 g/mol. The van der Waals surface area contributed by atoms with Crippen molar-refractivity contribution in [1.29, 1.82) is 5.26 Å². The molecule has 1 aliphatic rings. The van der Waals surface area contributed by atoms with E-state index in [0.29, 0.717) is 11.7 Å². The normalized spacial score (nSPS) is 20.5. The average Bonchev–Trinajstić information content (AvgIpc) is 2.94. The van der Waals surface area contributed by atoms with Crippen LogP contribution < -0.4 is 16.6 Å². The fourth-order valence-electron chi connectivity index (χ4n) is 2.75. The number of hydrogen-bond acceptors (Lipinski definition) is 5. The Morgan fingerprint density at radius 2 is 2.23 bits per heavy atom. The SMILES string of the molecule is N#Cc1cccn(-c2ccc(N[C@H]3CC[C@H](N)C3)nc2)c1=O. The summed E-state index contributed by atoms with van der Waals surface area (Å²) in [4.78, 5) is 16.4. The Morgan fingerprint density at radius 3 is 2.86 bits per heavy atom. The highest BCUT2D eigenvalue weighted by Gasteiger charge is 2.21. The van der Waals surface area contributed by atoms with E-state index >= 15 is 0 Å². The molecule has 6 heteroatoms. The molecule has 2 heterocycles. The molecule has 0 saturated heterocycles. The van der Waals surface area contributed by atoms with Crippen molar-refractivity contribution in [2.24, 2.45) is 5.73 Å². The summed E-state index contributed by atoms with van der Waals surface area (Å²) < 4.78 is 1.42. The standard InChI is InChI=1S/C16H17N5O/c17-9-11-2-1-7-21(16(11)22)14-5-6-15(19-10-14)20-13-4-3-12(18)8-13/h1-2,5-7,10,12-13H,3-4,8,18H2,(H,19,20)/t12-,13-/m0/s1. The van der Waals surface area contributed by atoms with Crippen molar-refractivity contribution in [3.8, 4) is 11.8 Å². The minimum absolute atomic E-state index is 0.115. The third kappa shape index (κ3) is 2.85. The number of hydrogen-bond donors (Lipinski definition) is 2. The minimum Gasteiger partial charge on any atom is -0.367 e. The largest absolute Gasteiger partial charge is 0.367 e. The first-order chi connectivity index (χ1) is 10.7. The Balaban J connectivity index is 1.80. The Morgan fingerprint density at radius 1 is 1.36 bits per heavy atom. The van der Waals surface area contributed by atoms with Crippen LogP contribution in [-0.2, 0) is 0 Å². The zero-order valence-electron chi connectivity index (χ0n) is 12.1. The molecule has 6 nitrogen and oxygen atoms in total. The van der Waals surface area contributed by atoms with Crippen LogP contribution in [0.1, 0.15) is 24.8 Å². The first kappa shape index (κ1) is 14.3. The van der Waals surface area contributed by atoms with E-state index < -0.39 is 0 Å². The smallest absolute Gasteiger partial charge is 0.273 e. The van der Waals surface area contributed by atoms with Gasteiger partial charge in [-0.25, -0.2) is 4.98 Å². The molecular formula is C16H17N5O. The van der Waals surface area contributed by atoms with E-state index in [1.165, 1.54) is 10.6 Å². The number of pyridine rings is 2. The maximum atomic E-state index is 12.1. The lowest BCUT2D eigenvalue weighted by Gasteiger charge is -2.13. The molecule has 22 heavy (non-hydrogen) atoms. The van der Waals surface area contributed by atoms with E-state index in [9.17, 15) is 4.79 Å². The highest BCUT2D eigenvalue weighted by Crippen LogP contribution is 2.21. The van der Waals surface area contributed by atoms with Gasteiger partial charge in [0.15, 0.2) is 0 Å². The van der Waals surface area contributed by atoms with E-state index in [2.05, 4.69) is 10.3 Å². The highest BCUT2D eigenvalue weighted by molar-refractivity contribution is 5.42. The second-order valence-electron chi connectivity index (χ2n) is 5.52.